The smallest absolute Gasteiger partial charge is 0.167 e. The zero-order valence-corrected chi connectivity index (χ0v) is 9.77. The van der Waals surface area contributed by atoms with Crippen LogP contribution in [0.2, 0.25) is 0 Å². The lowest BCUT2D eigenvalue weighted by Crippen LogP contribution is -2.19. The maximum Gasteiger partial charge on any atom is 0.167 e. The molecular formula is C13H17NO2. The molecule has 0 amide bonds. The van der Waals surface area contributed by atoms with Crippen LogP contribution in [0.4, 0.5) is 0 Å². The number of rotatable bonds is 3. The van der Waals surface area contributed by atoms with Crippen molar-refractivity contribution in [1.29, 1.82) is 0 Å². The number of ether oxygens (including phenoxy) is 1. The van der Waals surface area contributed by atoms with Crippen molar-refractivity contribution in [1.82, 2.24) is 4.90 Å². The lowest BCUT2D eigenvalue weighted by Gasteiger charge is -2.10. The first kappa shape index (κ1) is 11.1. The van der Waals surface area contributed by atoms with Gasteiger partial charge < -0.3 is 9.64 Å². The molecule has 1 atom stereocenters. The summed E-state index contributed by atoms with van der Waals surface area (Å²) in [5.41, 5.74) is 0.764. The van der Waals surface area contributed by atoms with Gasteiger partial charge in [0, 0.05) is 18.0 Å². The van der Waals surface area contributed by atoms with E-state index in [1.807, 2.05) is 24.3 Å². The third-order valence-corrected chi connectivity index (χ3v) is 3.12. The lowest BCUT2D eigenvalue weighted by molar-refractivity contribution is 0.0924. The fourth-order valence-corrected chi connectivity index (χ4v) is 2.16. The third kappa shape index (κ3) is 2.25. The van der Waals surface area contributed by atoms with Gasteiger partial charge in [-0.1, -0.05) is 12.1 Å². The van der Waals surface area contributed by atoms with Crippen molar-refractivity contribution in [2.75, 3.05) is 27.2 Å². The van der Waals surface area contributed by atoms with Crippen LogP contribution >= 0.6 is 0 Å². The van der Waals surface area contributed by atoms with E-state index in [-0.39, 0.29) is 11.7 Å². The molecule has 0 unspecified atom stereocenters. The number of carbonyl (C=O) groups excluding carboxylic acids is 1. The van der Waals surface area contributed by atoms with Crippen LogP contribution in [0.5, 0.6) is 5.75 Å². The Labute approximate surface area is 96.0 Å². The van der Waals surface area contributed by atoms with Gasteiger partial charge in [-0.15, -0.1) is 0 Å². The van der Waals surface area contributed by atoms with Crippen molar-refractivity contribution in [3.63, 3.8) is 0 Å². The Morgan fingerprint density at radius 2 is 2.31 bits per heavy atom. The van der Waals surface area contributed by atoms with Crippen molar-refractivity contribution < 1.29 is 9.53 Å². The SMILES string of the molecule is COc1cccc(C(=O)[C@@H]2CCN(C)C2)c1. The van der Waals surface area contributed by atoms with Crippen LogP contribution in [0.15, 0.2) is 24.3 Å². The van der Waals surface area contributed by atoms with Crippen molar-refractivity contribution in [2.24, 2.45) is 5.92 Å². The number of carbonyl (C=O) groups is 1. The highest BCUT2D eigenvalue weighted by Crippen LogP contribution is 2.21. The highest BCUT2D eigenvalue weighted by molar-refractivity contribution is 5.98. The van der Waals surface area contributed by atoms with Crippen molar-refractivity contribution in [3.8, 4) is 5.75 Å². The van der Waals surface area contributed by atoms with Gasteiger partial charge in [0.15, 0.2) is 5.78 Å². The van der Waals surface area contributed by atoms with E-state index in [0.29, 0.717) is 0 Å². The predicted octanol–water partition coefficient (Wildman–Crippen LogP) is 1.83. The summed E-state index contributed by atoms with van der Waals surface area (Å²) in [4.78, 5) is 14.4. The Bertz CT molecular complexity index is 389. The number of Topliss-reactive ketones (excluding diaryl/α,β-unsaturated/α-hetero) is 1. The maximum absolute atomic E-state index is 12.2. The van der Waals surface area contributed by atoms with E-state index < -0.39 is 0 Å². The summed E-state index contributed by atoms with van der Waals surface area (Å²) in [6, 6.07) is 7.41. The maximum atomic E-state index is 12.2. The van der Waals surface area contributed by atoms with Gasteiger partial charge in [0.25, 0.3) is 0 Å². The van der Waals surface area contributed by atoms with Gasteiger partial charge in [0.1, 0.15) is 5.75 Å². The first-order valence-electron chi connectivity index (χ1n) is 5.57. The fraction of sp³-hybridized carbons (Fsp3) is 0.462. The Hall–Kier alpha value is -1.35. The van der Waals surface area contributed by atoms with E-state index in [2.05, 4.69) is 11.9 Å². The number of nitrogens with zero attached hydrogens (tertiary/aromatic N) is 1. The minimum Gasteiger partial charge on any atom is -0.497 e. The average Bonchev–Trinajstić information content (AvgIpc) is 2.75. The molecule has 1 heterocycles. The summed E-state index contributed by atoms with van der Waals surface area (Å²) >= 11 is 0. The van der Waals surface area contributed by atoms with Crippen LogP contribution in [0.1, 0.15) is 16.8 Å². The van der Waals surface area contributed by atoms with E-state index in [9.17, 15) is 4.79 Å². The second-order valence-corrected chi connectivity index (χ2v) is 4.34. The molecule has 1 aliphatic rings. The highest BCUT2D eigenvalue weighted by Gasteiger charge is 2.26. The molecule has 1 fully saturated rings. The minimum absolute atomic E-state index is 0.150. The molecule has 3 nitrogen and oxygen atoms in total. The molecule has 1 aromatic carbocycles. The Morgan fingerprint density at radius 1 is 1.50 bits per heavy atom. The molecule has 1 aromatic rings. The van der Waals surface area contributed by atoms with Crippen molar-refractivity contribution >= 4 is 5.78 Å². The Kier molecular flexibility index (Phi) is 3.25. The van der Waals surface area contributed by atoms with E-state index >= 15 is 0 Å². The van der Waals surface area contributed by atoms with E-state index in [1.54, 1.807) is 7.11 Å². The molecule has 3 heteroatoms. The monoisotopic (exact) mass is 219 g/mol. The van der Waals surface area contributed by atoms with Gasteiger partial charge in [0.05, 0.1) is 7.11 Å². The molecule has 0 radical (unpaired) electrons. The molecule has 0 saturated carbocycles. The van der Waals surface area contributed by atoms with Crippen LogP contribution in [0, 0.1) is 5.92 Å². The topological polar surface area (TPSA) is 29.5 Å². The van der Waals surface area contributed by atoms with E-state index in [0.717, 1.165) is 30.8 Å². The van der Waals surface area contributed by atoms with Gasteiger partial charge in [-0.25, -0.2) is 0 Å². The van der Waals surface area contributed by atoms with E-state index in [1.165, 1.54) is 0 Å². The molecule has 86 valence electrons. The summed E-state index contributed by atoms with van der Waals surface area (Å²) in [6.45, 7) is 1.89. The number of likely N-dealkylation sites (tertiary alicyclic amines) is 1. The average molecular weight is 219 g/mol. The zero-order valence-electron chi connectivity index (χ0n) is 9.77. The summed E-state index contributed by atoms with van der Waals surface area (Å²) in [7, 11) is 3.67. The lowest BCUT2D eigenvalue weighted by atomic mass is 9.97. The molecule has 16 heavy (non-hydrogen) atoms. The van der Waals surface area contributed by atoms with Crippen LogP contribution in [-0.2, 0) is 0 Å². The van der Waals surface area contributed by atoms with Crippen LogP contribution < -0.4 is 4.74 Å². The quantitative estimate of drug-likeness (QED) is 0.726. The van der Waals surface area contributed by atoms with Gasteiger partial charge in [0.2, 0.25) is 0 Å². The van der Waals surface area contributed by atoms with Gasteiger partial charge >= 0.3 is 0 Å². The second kappa shape index (κ2) is 4.66. The van der Waals surface area contributed by atoms with Crippen LogP contribution in [-0.4, -0.2) is 37.9 Å². The third-order valence-electron chi connectivity index (χ3n) is 3.12. The molecule has 0 spiro atoms. The molecular weight excluding hydrogens is 202 g/mol. The Morgan fingerprint density at radius 3 is 2.94 bits per heavy atom. The van der Waals surface area contributed by atoms with Crippen molar-refractivity contribution in [2.45, 2.75) is 6.42 Å². The Balaban J connectivity index is 2.14. The second-order valence-electron chi connectivity index (χ2n) is 4.34. The molecule has 1 saturated heterocycles. The van der Waals surface area contributed by atoms with Gasteiger partial charge in [-0.2, -0.15) is 0 Å². The van der Waals surface area contributed by atoms with Gasteiger partial charge in [-0.3, -0.25) is 4.79 Å². The number of hydrogen-bond donors (Lipinski definition) is 0. The molecule has 0 N–H and O–H groups in total. The molecule has 2 rings (SSSR count). The zero-order chi connectivity index (χ0) is 11.5. The molecule has 0 aromatic heterocycles. The first-order valence-corrected chi connectivity index (χ1v) is 5.57. The van der Waals surface area contributed by atoms with Crippen LogP contribution in [0.3, 0.4) is 0 Å². The number of methoxy groups -OCH3 is 1. The summed E-state index contributed by atoms with van der Waals surface area (Å²) < 4.78 is 5.13. The predicted molar refractivity (Wildman–Crippen MR) is 62.9 cm³/mol. The normalized spacial score (nSPS) is 21.0. The highest BCUT2D eigenvalue weighted by atomic mass is 16.5. The number of hydrogen-bond acceptors (Lipinski definition) is 3. The largest absolute Gasteiger partial charge is 0.497 e. The summed E-state index contributed by atoms with van der Waals surface area (Å²) in [5.74, 6) is 1.14. The minimum atomic E-state index is 0.150. The number of ketones is 1. The molecule has 0 bridgehead atoms. The summed E-state index contributed by atoms with van der Waals surface area (Å²) in [6.07, 6.45) is 0.965. The van der Waals surface area contributed by atoms with E-state index in [4.69, 9.17) is 4.74 Å². The van der Waals surface area contributed by atoms with Crippen LogP contribution in [0.25, 0.3) is 0 Å². The summed E-state index contributed by atoms with van der Waals surface area (Å²) in [5, 5.41) is 0. The van der Waals surface area contributed by atoms with Crippen molar-refractivity contribution in [3.05, 3.63) is 29.8 Å². The molecule has 1 aliphatic heterocycles. The van der Waals surface area contributed by atoms with Gasteiger partial charge in [-0.05, 0) is 32.1 Å². The fourth-order valence-electron chi connectivity index (χ4n) is 2.16. The first-order chi connectivity index (χ1) is 7.70. The number of benzene rings is 1. The molecule has 0 aliphatic carbocycles. The standard InChI is InChI=1S/C13H17NO2/c1-14-7-6-11(9-14)13(15)10-4-3-5-12(8-10)16-2/h3-5,8,11H,6-7,9H2,1-2H3/t11-/m1/s1.